The van der Waals surface area contributed by atoms with Gasteiger partial charge in [0.25, 0.3) is 5.91 Å². The van der Waals surface area contributed by atoms with Crippen LogP contribution in [0.3, 0.4) is 0 Å². The average Bonchev–Trinajstić information content (AvgIpc) is 3.08. The first-order valence-electron chi connectivity index (χ1n) is 12.0. The van der Waals surface area contributed by atoms with Gasteiger partial charge in [-0.3, -0.25) is 14.6 Å². The van der Waals surface area contributed by atoms with E-state index >= 15 is 0 Å². The van der Waals surface area contributed by atoms with Crippen molar-refractivity contribution < 1.29 is 19.1 Å². The van der Waals surface area contributed by atoms with Crippen molar-refractivity contribution in [1.29, 1.82) is 0 Å². The largest absolute Gasteiger partial charge is 0.493 e. The summed E-state index contributed by atoms with van der Waals surface area (Å²) in [5.41, 5.74) is 5.22. The summed E-state index contributed by atoms with van der Waals surface area (Å²) in [4.78, 5) is 32.1. The van der Waals surface area contributed by atoms with Gasteiger partial charge in [-0.15, -0.1) is 0 Å². The van der Waals surface area contributed by atoms with Gasteiger partial charge in [0, 0.05) is 34.8 Å². The first-order chi connectivity index (χ1) is 17.6. The summed E-state index contributed by atoms with van der Waals surface area (Å²) in [7, 11) is 1.62. The number of carbonyl (C=O) groups is 2. The van der Waals surface area contributed by atoms with Gasteiger partial charge in [0.2, 0.25) is 5.91 Å². The molecule has 2 aliphatic heterocycles. The number of aromatic nitrogens is 1. The quantitative estimate of drug-likeness (QED) is 0.466. The summed E-state index contributed by atoms with van der Waals surface area (Å²) >= 11 is 0. The summed E-state index contributed by atoms with van der Waals surface area (Å²) in [5.74, 6) is 1.11. The number of ether oxygens (including phenoxy) is 2. The second-order valence-corrected chi connectivity index (χ2v) is 9.06. The molecule has 36 heavy (non-hydrogen) atoms. The highest BCUT2D eigenvalue weighted by Crippen LogP contribution is 2.39. The number of rotatable bonds is 4. The van der Waals surface area contributed by atoms with Crippen molar-refractivity contribution in [2.24, 2.45) is 0 Å². The predicted molar refractivity (Wildman–Crippen MR) is 136 cm³/mol. The van der Waals surface area contributed by atoms with Gasteiger partial charge < -0.3 is 19.7 Å². The summed E-state index contributed by atoms with van der Waals surface area (Å²) in [6, 6.07) is 21.2. The van der Waals surface area contributed by atoms with Crippen LogP contribution in [0.15, 0.2) is 72.9 Å². The van der Waals surface area contributed by atoms with Crippen LogP contribution in [-0.4, -0.2) is 42.0 Å². The molecule has 3 aromatic carbocycles. The minimum Gasteiger partial charge on any atom is -0.493 e. The maximum atomic E-state index is 13.4. The number of amides is 2. The van der Waals surface area contributed by atoms with E-state index in [1.807, 2.05) is 60.8 Å². The number of fused-ring (bicyclic) bond motifs is 3. The van der Waals surface area contributed by atoms with Crippen molar-refractivity contribution in [3.63, 3.8) is 0 Å². The second-order valence-electron chi connectivity index (χ2n) is 9.06. The zero-order chi connectivity index (χ0) is 24.6. The van der Waals surface area contributed by atoms with Crippen molar-refractivity contribution in [2.45, 2.75) is 19.0 Å². The van der Waals surface area contributed by atoms with Gasteiger partial charge in [0.15, 0.2) is 11.5 Å². The highest BCUT2D eigenvalue weighted by Gasteiger charge is 2.32. The third kappa shape index (κ3) is 3.92. The molecular formula is C29H25N3O4. The van der Waals surface area contributed by atoms with Crippen LogP contribution in [0.5, 0.6) is 11.5 Å². The van der Waals surface area contributed by atoms with E-state index in [0.717, 1.165) is 33.2 Å². The number of nitrogens with one attached hydrogen (secondary N) is 1. The lowest BCUT2D eigenvalue weighted by molar-refractivity contribution is -0.132. The number of pyridine rings is 1. The topological polar surface area (TPSA) is 80.8 Å². The monoisotopic (exact) mass is 479 g/mol. The van der Waals surface area contributed by atoms with Gasteiger partial charge in [-0.25, -0.2) is 0 Å². The molecule has 0 bridgehead atoms. The van der Waals surface area contributed by atoms with E-state index in [2.05, 4.69) is 16.4 Å². The number of nitrogens with zero attached hydrogens (tertiary/aromatic N) is 2. The molecule has 180 valence electrons. The van der Waals surface area contributed by atoms with Crippen molar-refractivity contribution >= 4 is 22.7 Å². The Hall–Kier alpha value is -4.39. The maximum Gasteiger partial charge on any atom is 0.252 e. The Morgan fingerprint density at radius 2 is 1.94 bits per heavy atom. The Bertz CT molecular complexity index is 1500. The molecule has 0 saturated carbocycles. The lowest BCUT2D eigenvalue weighted by Gasteiger charge is -2.22. The minimum absolute atomic E-state index is 0.0369. The molecule has 0 fully saturated rings. The molecule has 4 aromatic rings. The Morgan fingerprint density at radius 3 is 2.83 bits per heavy atom. The van der Waals surface area contributed by atoms with E-state index in [4.69, 9.17) is 9.47 Å². The molecule has 0 saturated heterocycles. The highest BCUT2D eigenvalue weighted by molar-refractivity contribution is 5.99. The fourth-order valence-electron chi connectivity index (χ4n) is 5.03. The van der Waals surface area contributed by atoms with E-state index < -0.39 is 0 Å². The molecular weight excluding hydrogens is 454 g/mol. The number of hydrogen-bond acceptors (Lipinski definition) is 5. The Kier molecular flexibility index (Phi) is 5.52. The molecule has 2 aliphatic rings. The lowest BCUT2D eigenvalue weighted by Crippen LogP contribution is -2.35. The first-order valence-corrected chi connectivity index (χ1v) is 12.0. The van der Waals surface area contributed by atoms with Gasteiger partial charge in [-0.05, 0) is 41.5 Å². The van der Waals surface area contributed by atoms with Gasteiger partial charge in [0.05, 0.1) is 31.6 Å². The molecule has 7 heteroatoms. The smallest absolute Gasteiger partial charge is 0.252 e. The van der Waals surface area contributed by atoms with Crippen LogP contribution < -0.4 is 14.8 Å². The zero-order valence-corrected chi connectivity index (χ0v) is 19.9. The zero-order valence-electron chi connectivity index (χ0n) is 19.9. The third-order valence-corrected chi connectivity index (χ3v) is 6.86. The number of para-hydroxylation sites is 1. The standard InChI is InChI=1S/C29H25N3O4/c1-35-26-14-19(20-12-18-6-2-5-9-24(18)30-16-20)13-21-17-32(10-11-36-28(21)26)27(33)15-25-22-7-3-4-8-23(22)29(34)31-25/h2-9,12-14,16,25H,10-11,15,17H2,1H3,(H,31,34). The Balaban J connectivity index is 1.29. The van der Waals surface area contributed by atoms with Crippen molar-refractivity contribution in [3.05, 3.63) is 89.6 Å². The average molecular weight is 480 g/mol. The fourth-order valence-corrected chi connectivity index (χ4v) is 5.03. The highest BCUT2D eigenvalue weighted by atomic mass is 16.5. The van der Waals surface area contributed by atoms with Crippen LogP contribution in [0.25, 0.3) is 22.0 Å². The van der Waals surface area contributed by atoms with Crippen LogP contribution in [0.2, 0.25) is 0 Å². The van der Waals surface area contributed by atoms with Crippen molar-refractivity contribution in [1.82, 2.24) is 15.2 Å². The van der Waals surface area contributed by atoms with E-state index in [-0.39, 0.29) is 24.3 Å². The van der Waals surface area contributed by atoms with Gasteiger partial charge in [-0.2, -0.15) is 0 Å². The second kappa shape index (κ2) is 9.00. The first kappa shape index (κ1) is 22.1. The molecule has 2 amide bonds. The third-order valence-electron chi connectivity index (χ3n) is 6.86. The van der Waals surface area contributed by atoms with Crippen LogP contribution in [0, 0.1) is 0 Å². The van der Waals surface area contributed by atoms with E-state index in [1.54, 1.807) is 18.1 Å². The predicted octanol–water partition coefficient (Wildman–Crippen LogP) is 4.51. The van der Waals surface area contributed by atoms with Crippen LogP contribution in [0.1, 0.15) is 33.9 Å². The fraction of sp³-hybridized carbons (Fsp3) is 0.207. The SMILES string of the molecule is COc1cc(-c2cnc3ccccc3c2)cc2c1OCCN(C(=O)CC1NC(=O)c3ccccc31)C2. The normalized spacial score (nSPS) is 16.5. The molecule has 0 spiro atoms. The van der Waals surface area contributed by atoms with E-state index in [0.29, 0.717) is 36.8 Å². The number of benzene rings is 3. The molecule has 0 radical (unpaired) electrons. The summed E-state index contributed by atoms with van der Waals surface area (Å²) in [6.45, 7) is 1.20. The molecule has 1 atom stereocenters. The molecule has 1 N–H and O–H groups in total. The van der Waals surface area contributed by atoms with E-state index in [9.17, 15) is 9.59 Å². The summed E-state index contributed by atoms with van der Waals surface area (Å²) in [6.07, 6.45) is 2.05. The Morgan fingerprint density at radius 1 is 1.11 bits per heavy atom. The lowest BCUT2D eigenvalue weighted by atomic mass is 10.0. The molecule has 7 nitrogen and oxygen atoms in total. The number of hydrogen-bond donors (Lipinski definition) is 1. The summed E-state index contributed by atoms with van der Waals surface area (Å²) < 4.78 is 11.7. The van der Waals surface area contributed by atoms with Gasteiger partial charge in [-0.1, -0.05) is 36.4 Å². The van der Waals surface area contributed by atoms with E-state index in [1.165, 1.54) is 0 Å². The van der Waals surface area contributed by atoms with Gasteiger partial charge >= 0.3 is 0 Å². The number of methoxy groups -OCH3 is 1. The number of carbonyl (C=O) groups excluding carboxylic acids is 2. The molecule has 1 aromatic heterocycles. The molecule has 1 unspecified atom stereocenters. The van der Waals surface area contributed by atoms with Crippen molar-refractivity contribution in [2.75, 3.05) is 20.3 Å². The maximum absolute atomic E-state index is 13.4. The van der Waals surface area contributed by atoms with Crippen molar-refractivity contribution in [3.8, 4) is 22.6 Å². The van der Waals surface area contributed by atoms with Crippen LogP contribution >= 0.6 is 0 Å². The van der Waals surface area contributed by atoms with Gasteiger partial charge in [0.1, 0.15) is 6.61 Å². The molecule has 3 heterocycles. The summed E-state index contributed by atoms with van der Waals surface area (Å²) in [5, 5.41) is 3.99. The molecule has 6 rings (SSSR count). The van der Waals surface area contributed by atoms with Crippen LogP contribution in [0.4, 0.5) is 0 Å². The van der Waals surface area contributed by atoms with Crippen LogP contribution in [-0.2, 0) is 11.3 Å². The molecule has 0 aliphatic carbocycles. The minimum atomic E-state index is -0.325. The Labute approximate surface area is 208 Å².